The number of rotatable bonds is 3. The van der Waals surface area contributed by atoms with Gasteiger partial charge >= 0.3 is 0 Å². The van der Waals surface area contributed by atoms with Gasteiger partial charge in [-0.05, 0) is 46.6 Å². The molecule has 0 fully saturated rings. The van der Waals surface area contributed by atoms with Crippen LogP contribution in [0.2, 0.25) is 10.0 Å². The van der Waals surface area contributed by atoms with Crippen molar-refractivity contribution in [2.75, 3.05) is 5.73 Å². The number of halogens is 3. The molecule has 0 aromatic heterocycles. The second-order valence-corrected chi connectivity index (χ2v) is 5.89. The summed E-state index contributed by atoms with van der Waals surface area (Å²) < 4.78 is 6.44. The van der Waals surface area contributed by atoms with Gasteiger partial charge in [-0.15, -0.1) is 0 Å². The second kappa shape index (κ2) is 6.04. The van der Waals surface area contributed by atoms with Crippen LogP contribution in [0.15, 0.2) is 34.8 Å². The second-order valence-electron chi connectivity index (χ2n) is 4.19. The predicted molar refractivity (Wildman–Crippen MR) is 84.1 cm³/mol. The maximum Gasteiger partial charge on any atom is 0.156 e. The molecule has 0 bridgehead atoms. The van der Waals surface area contributed by atoms with Crippen molar-refractivity contribution in [3.63, 3.8) is 0 Å². The Bertz CT molecular complexity index is 593. The largest absolute Gasteiger partial charge is 0.485 e. The third kappa shape index (κ3) is 3.56. The van der Waals surface area contributed by atoms with Gasteiger partial charge < -0.3 is 10.5 Å². The highest BCUT2D eigenvalue weighted by molar-refractivity contribution is 9.10. The summed E-state index contributed by atoms with van der Waals surface area (Å²) in [4.78, 5) is 0. The van der Waals surface area contributed by atoms with E-state index in [4.69, 9.17) is 33.7 Å². The molecule has 2 N–H and O–H groups in total. The molecule has 0 heterocycles. The molecule has 0 spiro atoms. The van der Waals surface area contributed by atoms with Crippen LogP contribution in [-0.2, 0) is 6.61 Å². The Labute approximate surface area is 130 Å². The van der Waals surface area contributed by atoms with Gasteiger partial charge in [0.25, 0.3) is 0 Å². The maximum absolute atomic E-state index is 6.16. The number of hydrogen-bond acceptors (Lipinski definition) is 2. The molecule has 2 rings (SSSR count). The summed E-state index contributed by atoms with van der Waals surface area (Å²) in [5.41, 5.74) is 8.39. The Morgan fingerprint density at radius 3 is 2.58 bits per heavy atom. The average Bonchev–Trinajstić information content (AvgIpc) is 2.30. The lowest BCUT2D eigenvalue weighted by atomic mass is 10.1. The van der Waals surface area contributed by atoms with Crippen molar-refractivity contribution in [2.24, 2.45) is 0 Å². The molecule has 0 aliphatic carbocycles. The van der Waals surface area contributed by atoms with Crippen LogP contribution in [-0.4, -0.2) is 0 Å². The first kappa shape index (κ1) is 14.5. The Hall–Kier alpha value is -0.900. The van der Waals surface area contributed by atoms with Crippen LogP contribution in [0.5, 0.6) is 5.75 Å². The third-order valence-corrected chi connectivity index (χ3v) is 3.78. The monoisotopic (exact) mass is 359 g/mol. The van der Waals surface area contributed by atoms with Crippen LogP contribution in [0.1, 0.15) is 11.1 Å². The van der Waals surface area contributed by atoms with Crippen LogP contribution in [0.3, 0.4) is 0 Å². The lowest BCUT2D eigenvalue weighted by Gasteiger charge is -2.12. The molecule has 0 amide bonds. The molecule has 0 radical (unpaired) electrons. The molecule has 0 aliphatic heterocycles. The summed E-state index contributed by atoms with van der Waals surface area (Å²) in [6.45, 7) is 2.34. The lowest BCUT2D eigenvalue weighted by molar-refractivity contribution is 0.306. The van der Waals surface area contributed by atoms with E-state index in [-0.39, 0.29) is 0 Å². The minimum atomic E-state index is 0.351. The van der Waals surface area contributed by atoms with E-state index < -0.39 is 0 Å². The summed E-state index contributed by atoms with van der Waals surface area (Å²) >= 11 is 15.4. The van der Waals surface area contributed by atoms with E-state index in [0.717, 1.165) is 15.6 Å². The van der Waals surface area contributed by atoms with Gasteiger partial charge in [-0.25, -0.2) is 0 Å². The topological polar surface area (TPSA) is 35.2 Å². The molecule has 19 heavy (non-hydrogen) atoms. The number of nitrogen functional groups attached to an aromatic ring is 1. The first-order valence-corrected chi connectivity index (χ1v) is 7.14. The standard InChI is InChI=1S/C14H12BrCl2NO/c1-8-2-3-9(12(17)4-8)7-19-14-11(15)5-10(16)6-13(14)18/h2-6H,7,18H2,1H3. The molecule has 0 aliphatic rings. The van der Waals surface area contributed by atoms with Gasteiger partial charge in [0.2, 0.25) is 0 Å². The first-order chi connectivity index (χ1) is 8.97. The molecule has 5 heteroatoms. The molecular weight excluding hydrogens is 349 g/mol. The van der Waals surface area contributed by atoms with Gasteiger partial charge in [0.05, 0.1) is 10.2 Å². The van der Waals surface area contributed by atoms with Crippen LogP contribution >= 0.6 is 39.1 Å². The van der Waals surface area contributed by atoms with E-state index in [9.17, 15) is 0 Å². The van der Waals surface area contributed by atoms with Crippen LogP contribution in [0.4, 0.5) is 5.69 Å². The minimum Gasteiger partial charge on any atom is -0.485 e. The molecule has 100 valence electrons. The van der Waals surface area contributed by atoms with E-state index >= 15 is 0 Å². The first-order valence-electron chi connectivity index (χ1n) is 5.59. The van der Waals surface area contributed by atoms with Crippen molar-refractivity contribution in [3.05, 3.63) is 56.0 Å². The van der Waals surface area contributed by atoms with Gasteiger partial charge in [0.15, 0.2) is 5.75 Å². The van der Waals surface area contributed by atoms with E-state index in [2.05, 4.69) is 15.9 Å². The summed E-state index contributed by atoms with van der Waals surface area (Å²) in [5.74, 6) is 0.570. The van der Waals surface area contributed by atoms with E-state index in [1.54, 1.807) is 12.1 Å². The number of hydrogen-bond donors (Lipinski definition) is 1. The average molecular weight is 361 g/mol. The fourth-order valence-electron chi connectivity index (χ4n) is 1.65. The van der Waals surface area contributed by atoms with Crippen LogP contribution in [0, 0.1) is 6.92 Å². The van der Waals surface area contributed by atoms with Crippen molar-refractivity contribution >= 4 is 44.8 Å². The van der Waals surface area contributed by atoms with Gasteiger partial charge in [0.1, 0.15) is 6.61 Å². The molecule has 0 atom stereocenters. The number of nitrogens with two attached hydrogens (primary N) is 1. The van der Waals surface area contributed by atoms with E-state index in [1.165, 1.54) is 0 Å². The van der Waals surface area contributed by atoms with Crippen molar-refractivity contribution in [2.45, 2.75) is 13.5 Å². The van der Waals surface area contributed by atoms with Crippen molar-refractivity contribution in [3.8, 4) is 5.75 Å². The molecule has 2 aromatic carbocycles. The zero-order chi connectivity index (χ0) is 14.0. The Kier molecular flexibility index (Phi) is 4.61. The van der Waals surface area contributed by atoms with E-state index in [1.807, 2.05) is 25.1 Å². The third-order valence-electron chi connectivity index (χ3n) is 2.62. The quantitative estimate of drug-likeness (QED) is 0.761. The molecule has 2 aromatic rings. The SMILES string of the molecule is Cc1ccc(COc2c(N)cc(Cl)cc2Br)c(Cl)c1. The fraction of sp³-hybridized carbons (Fsp3) is 0.143. The molecule has 2 nitrogen and oxygen atoms in total. The Balaban J connectivity index is 2.19. The maximum atomic E-state index is 6.16. The number of aryl methyl sites for hydroxylation is 1. The Morgan fingerprint density at radius 1 is 1.21 bits per heavy atom. The summed E-state index contributed by atoms with van der Waals surface area (Å²) in [6, 6.07) is 9.23. The normalized spacial score (nSPS) is 10.5. The van der Waals surface area contributed by atoms with Gasteiger partial charge in [0, 0.05) is 15.6 Å². The Morgan fingerprint density at radius 2 is 1.95 bits per heavy atom. The number of benzene rings is 2. The van der Waals surface area contributed by atoms with Crippen LogP contribution < -0.4 is 10.5 Å². The van der Waals surface area contributed by atoms with Crippen molar-refractivity contribution in [1.82, 2.24) is 0 Å². The summed E-state index contributed by atoms with van der Waals surface area (Å²) in [5, 5.41) is 1.24. The van der Waals surface area contributed by atoms with Crippen molar-refractivity contribution < 1.29 is 4.74 Å². The predicted octanol–water partition coefficient (Wildman–Crippen LogP) is 5.23. The molecule has 0 saturated heterocycles. The molecule has 0 unspecified atom stereocenters. The smallest absolute Gasteiger partial charge is 0.156 e. The highest BCUT2D eigenvalue weighted by Gasteiger charge is 2.09. The minimum absolute atomic E-state index is 0.351. The molecular formula is C14H12BrCl2NO. The summed E-state index contributed by atoms with van der Waals surface area (Å²) in [7, 11) is 0. The zero-order valence-electron chi connectivity index (χ0n) is 10.2. The van der Waals surface area contributed by atoms with E-state index in [0.29, 0.717) is 28.1 Å². The zero-order valence-corrected chi connectivity index (χ0v) is 13.3. The number of anilines is 1. The highest BCUT2D eigenvalue weighted by atomic mass is 79.9. The van der Waals surface area contributed by atoms with Gasteiger partial charge in [-0.2, -0.15) is 0 Å². The number of ether oxygens (including phenoxy) is 1. The van der Waals surface area contributed by atoms with Crippen molar-refractivity contribution in [1.29, 1.82) is 0 Å². The lowest BCUT2D eigenvalue weighted by Crippen LogP contribution is -2.00. The highest BCUT2D eigenvalue weighted by Crippen LogP contribution is 2.35. The fourth-order valence-corrected chi connectivity index (χ4v) is 2.89. The summed E-state index contributed by atoms with van der Waals surface area (Å²) in [6.07, 6.45) is 0. The molecule has 0 saturated carbocycles. The van der Waals surface area contributed by atoms with Gasteiger partial charge in [-0.3, -0.25) is 0 Å². The van der Waals surface area contributed by atoms with Gasteiger partial charge in [-0.1, -0.05) is 35.3 Å². The van der Waals surface area contributed by atoms with Crippen LogP contribution in [0.25, 0.3) is 0 Å².